The minimum Gasteiger partial charge on any atom is -0.472 e. The minimum absolute atomic E-state index is 0.126. The molecular weight excluding hydrogens is 588 g/mol. The van der Waals surface area contributed by atoms with Crippen LogP contribution in [0.2, 0.25) is 0 Å². The number of fused-ring (bicyclic) bond motifs is 5. The van der Waals surface area contributed by atoms with Gasteiger partial charge in [-0.3, -0.25) is 9.69 Å². The molecule has 5 atom stereocenters. The molecule has 6 rings (SSSR count). The third-order valence-electron chi connectivity index (χ3n) is 9.85. The second kappa shape index (κ2) is 13.7. The second-order valence-electron chi connectivity index (χ2n) is 14.3. The molecule has 2 aromatic rings. The fraction of sp³-hybridized carbons (Fsp3) is 0.657. The van der Waals surface area contributed by atoms with E-state index in [1.165, 1.54) is 17.6 Å². The number of nitrogens with one attached hydrogen (secondary N) is 1. The number of ether oxygens (including phenoxy) is 4. The summed E-state index contributed by atoms with van der Waals surface area (Å²) in [5.41, 5.74) is 2.54. The summed E-state index contributed by atoms with van der Waals surface area (Å²) in [4.78, 5) is 49.2. The quantitative estimate of drug-likeness (QED) is 0.494. The third-order valence-corrected chi connectivity index (χ3v) is 9.85. The second-order valence-corrected chi connectivity index (χ2v) is 14.3. The van der Waals surface area contributed by atoms with Gasteiger partial charge < -0.3 is 29.2 Å². The fourth-order valence-electron chi connectivity index (χ4n) is 7.11. The van der Waals surface area contributed by atoms with Gasteiger partial charge in [0, 0.05) is 37.0 Å². The predicted molar refractivity (Wildman–Crippen MR) is 171 cm³/mol. The molecule has 4 heterocycles. The SMILES string of the molecule is COC(=O)[C@@H]1C[C@@H]2CN1C(=O)[C@H](C(C)(C)C)NC(=O)O[C@@H]1CC1CCCCCc1c(nc3ccccc3c1CN1CCOCC1)O2. The van der Waals surface area contributed by atoms with Gasteiger partial charge in [-0.25, -0.2) is 14.6 Å². The van der Waals surface area contributed by atoms with Crippen molar-refractivity contribution < 1.29 is 33.3 Å². The Bertz CT molecular complexity index is 1440. The normalized spacial score (nSPS) is 28.2. The van der Waals surface area contributed by atoms with Crippen LogP contribution in [0, 0.1) is 11.3 Å². The van der Waals surface area contributed by atoms with Gasteiger partial charge in [-0.2, -0.15) is 0 Å². The van der Waals surface area contributed by atoms with E-state index < -0.39 is 35.7 Å². The zero-order chi connectivity index (χ0) is 32.4. The van der Waals surface area contributed by atoms with Crippen LogP contribution < -0.4 is 10.1 Å². The van der Waals surface area contributed by atoms with Gasteiger partial charge in [0.1, 0.15) is 24.3 Å². The maximum Gasteiger partial charge on any atom is 0.408 e. The van der Waals surface area contributed by atoms with E-state index in [-0.39, 0.29) is 25.0 Å². The number of carbonyl (C=O) groups excluding carboxylic acids is 3. The molecule has 1 aliphatic carbocycles. The average molecular weight is 637 g/mol. The zero-order valence-corrected chi connectivity index (χ0v) is 27.6. The van der Waals surface area contributed by atoms with Crippen molar-refractivity contribution >= 4 is 28.9 Å². The number of morpholine rings is 1. The molecule has 1 aromatic carbocycles. The van der Waals surface area contributed by atoms with Crippen molar-refractivity contribution in [3.8, 4) is 5.88 Å². The lowest BCUT2D eigenvalue weighted by molar-refractivity contribution is -0.152. The molecular formula is C35H48N4O7. The van der Waals surface area contributed by atoms with Crippen LogP contribution >= 0.6 is 0 Å². The first-order valence-electron chi connectivity index (χ1n) is 16.8. The Morgan fingerprint density at radius 3 is 2.61 bits per heavy atom. The number of amides is 2. The molecule has 46 heavy (non-hydrogen) atoms. The summed E-state index contributed by atoms with van der Waals surface area (Å²) in [7, 11) is 1.32. The van der Waals surface area contributed by atoms with Crippen LogP contribution in [0.25, 0.3) is 10.9 Å². The Morgan fingerprint density at radius 1 is 1.07 bits per heavy atom. The van der Waals surface area contributed by atoms with Gasteiger partial charge in [-0.1, -0.05) is 51.8 Å². The van der Waals surface area contributed by atoms with Crippen molar-refractivity contribution in [1.82, 2.24) is 20.1 Å². The summed E-state index contributed by atoms with van der Waals surface area (Å²) in [5, 5.41) is 3.96. The van der Waals surface area contributed by atoms with E-state index in [2.05, 4.69) is 22.3 Å². The first-order chi connectivity index (χ1) is 22.1. The van der Waals surface area contributed by atoms with Crippen LogP contribution in [0.1, 0.15) is 70.4 Å². The zero-order valence-electron chi connectivity index (χ0n) is 27.6. The van der Waals surface area contributed by atoms with Crippen molar-refractivity contribution in [3.05, 3.63) is 35.4 Å². The van der Waals surface area contributed by atoms with Gasteiger partial charge in [0.05, 0.1) is 32.4 Å². The lowest BCUT2D eigenvalue weighted by atomic mass is 9.85. The van der Waals surface area contributed by atoms with Crippen molar-refractivity contribution in [2.45, 2.75) is 96.6 Å². The van der Waals surface area contributed by atoms with E-state index in [1.807, 2.05) is 32.9 Å². The van der Waals surface area contributed by atoms with Crippen molar-refractivity contribution in [2.24, 2.45) is 11.3 Å². The lowest BCUT2D eigenvalue weighted by Gasteiger charge is -2.34. The van der Waals surface area contributed by atoms with Crippen LogP contribution in [-0.2, 0) is 36.8 Å². The average Bonchev–Trinajstić information content (AvgIpc) is 3.63. The molecule has 11 heteroatoms. The number of carbonyl (C=O) groups is 3. The number of methoxy groups -OCH3 is 1. The van der Waals surface area contributed by atoms with Crippen LogP contribution in [0.4, 0.5) is 4.79 Å². The summed E-state index contributed by atoms with van der Waals surface area (Å²) in [6.07, 6.45) is 4.75. The van der Waals surface area contributed by atoms with E-state index in [0.717, 1.165) is 74.6 Å². The third kappa shape index (κ3) is 7.25. The number of hydrogen-bond acceptors (Lipinski definition) is 9. The first-order valence-corrected chi connectivity index (χ1v) is 16.8. The fourth-order valence-corrected chi connectivity index (χ4v) is 7.11. The molecule has 11 nitrogen and oxygen atoms in total. The molecule has 3 aliphatic heterocycles. The van der Waals surface area contributed by atoms with Gasteiger partial charge in [0.15, 0.2) is 0 Å². The monoisotopic (exact) mass is 636 g/mol. The van der Waals surface area contributed by atoms with Crippen molar-refractivity contribution in [2.75, 3.05) is 40.0 Å². The molecule has 3 fully saturated rings. The maximum atomic E-state index is 14.2. The maximum absolute atomic E-state index is 14.2. The molecule has 2 saturated heterocycles. The van der Waals surface area contributed by atoms with Gasteiger partial charge in [-0.05, 0) is 48.6 Å². The minimum atomic E-state index is -0.906. The Morgan fingerprint density at radius 2 is 1.85 bits per heavy atom. The predicted octanol–water partition coefficient (Wildman–Crippen LogP) is 4.23. The smallest absolute Gasteiger partial charge is 0.408 e. The number of alkyl carbamates (subject to hydrolysis) is 1. The number of pyridine rings is 1. The van der Waals surface area contributed by atoms with Crippen LogP contribution in [-0.4, -0.2) is 97.0 Å². The summed E-state index contributed by atoms with van der Waals surface area (Å²) in [5.74, 6) is 0.0390. The Balaban J connectivity index is 1.37. The summed E-state index contributed by atoms with van der Waals surface area (Å²) in [6.45, 7) is 9.76. The largest absolute Gasteiger partial charge is 0.472 e. The summed E-state index contributed by atoms with van der Waals surface area (Å²) >= 11 is 0. The highest BCUT2D eigenvalue weighted by Crippen LogP contribution is 2.39. The van der Waals surface area contributed by atoms with Gasteiger partial charge in [0.2, 0.25) is 11.8 Å². The molecule has 250 valence electrons. The van der Waals surface area contributed by atoms with Crippen LogP contribution in [0.3, 0.4) is 0 Å². The molecule has 2 bridgehead atoms. The summed E-state index contributed by atoms with van der Waals surface area (Å²) < 4.78 is 23.3. The van der Waals surface area contributed by atoms with Crippen molar-refractivity contribution in [3.63, 3.8) is 0 Å². The molecule has 0 radical (unpaired) electrons. The highest BCUT2D eigenvalue weighted by molar-refractivity contribution is 5.91. The molecule has 1 aromatic heterocycles. The Labute approximate surface area is 271 Å². The van der Waals surface area contributed by atoms with E-state index >= 15 is 0 Å². The number of hydrogen-bond donors (Lipinski definition) is 1. The number of para-hydroxylation sites is 1. The van der Waals surface area contributed by atoms with E-state index in [9.17, 15) is 14.4 Å². The molecule has 1 saturated carbocycles. The Kier molecular flexibility index (Phi) is 9.70. The first kappa shape index (κ1) is 32.5. The number of esters is 1. The van der Waals surface area contributed by atoms with E-state index in [0.29, 0.717) is 25.0 Å². The standard InChI is InChI=1S/C35H48N4O7/c1-35(2,3)30-32(40)39-20-23(19-28(39)33(41)43-4)45-31-25(12-7-5-6-10-22-18-29(22)46-34(42)37-30)26(21-38-14-16-44-17-15-38)24-11-8-9-13-27(24)36-31/h8-9,11,13,22-23,28-30H,5-7,10,12,14-21H2,1-4H3,(H,37,42)/t22?,23-,28+,29-,30-/m1/s1. The van der Waals surface area contributed by atoms with Gasteiger partial charge in [0.25, 0.3) is 0 Å². The number of aromatic nitrogens is 1. The number of nitrogens with zero attached hydrogens (tertiary/aromatic N) is 3. The van der Waals surface area contributed by atoms with Crippen LogP contribution in [0.15, 0.2) is 24.3 Å². The molecule has 1 N–H and O–H groups in total. The topological polar surface area (TPSA) is 120 Å². The highest BCUT2D eigenvalue weighted by atomic mass is 16.6. The number of benzene rings is 1. The van der Waals surface area contributed by atoms with Gasteiger partial charge >= 0.3 is 12.1 Å². The highest BCUT2D eigenvalue weighted by Gasteiger charge is 2.47. The molecule has 2 amide bonds. The molecule has 4 aliphatic rings. The molecule has 1 unspecified atom stereocenters. The Hall–Kier alpha value is -3.44. The van der Waals surface area contributed by atoms with Gasteiger partial charge in [-0.15, -0.1) is 0 Å². The number of rotatable bonds is 3. The van der Waals surface area contributed by atoms with E-state index in [1.54, 1.807) is 0 Å². The van der Waals surface area contributed by atoms with Crippen LogP contribution in [0.5, 0.6) is 5.88 Å². The van der Waals surface area contributed by atoms with E-state index in [4.69, 9.17) is 23.9 Å². The lowest BCUT2D eigenvalue weighted by Crippen LogP contribution is -2.57. The van der Waals surface area contributed by atoms with Crippen molar-refractivity contribution in [1.29, 1.82) is 0 Å². The molecule has 0 spiro atoms. The summed E-state index contributed by atoms with van der Waals surface area (Å²) in [6, 6.07) is 6.44.